The van der Waals surface area contributed by atoms with Crippen LogP contribution in [0.1, 0.15) is 32.3 Å². The van der Waals surface area contributed by atoms with Crippen molar-refractivity contribution < 1.29 is 14.4 Å². The Kier molecular flexibility index (Phi) is 3.67. The molecule has 4 atom stereocenters. The van der Waals surface area contributed by atoms with Crippen LogP contribution in [0.15, 0.2) is 18.2 Å². The zero-order valence-electron chi connectivity index (χ0n) is 14.1. The summed E-state index contributed by atoms with van der Waals surface area (Å²) in [6.07, 6.45) is 1.66. The number of benzene rings is 1. The molecule has 0 aliphatic carbocycles. The van der Waals surface area contributed by atoms with Crippen LogP contribution in [0.3, 0.4) is 0 Å². The molecule has 0 bridgehead atoms. The highest BCUT2D eigenvalue weighted by molar-refractivity contribution is 6.35. The number of rotatable bonds is 3. The van der Waals surface area contributed by atoms with Crippen molar-refractivity contribution in [2.24, 2.45) is 11.8 Å². The first-order valence-electron chi connectivity index (χ1n) is 8.66. The minimum absolute atomic E-state index is 0.177. The van der Waals surface area contributed by atoms with Crippen molar-refractivity contribution in [3.8, 4) is 0 Å². The average Bonchev–Trinajstić information content (AvgIpc) is 3.13. The van der Waals surface area contributed by atoms with Gasteiger partial charge in [-0.15, -0.1) is 0 Å². The lowest BCUT2D eigenvalue weighted by atomic mass is 9.76. The van der Waals surface area contributed by atoms with E-state index in [0.717, 1.165) is 12.8 Å². The number of fused-ring (bicyclic) bond motifs is 4. The third kappa shape index (κ3) is 1.98. The molecule has 0 unspecified atom stereocenters. The van der Waals surface area contributed by atoms with Crippen LogP contribution in [0.5, 0.6) is 0 Å². The number of likely N-dealkylation sites (tertiary alicyclic amines) is 1. The van der Waals surface area contributed by atoms with Gasteiger partial charge in [0.05, 0.1) is 22.5 Å². The van der Waals surface area contributed by atoms with Crippen LogP contribution in [0.25, 0.3) is 0 Å². The van der Waals surface area contributed by atoms with Gasteiger partial charge in [-0.1, -0.05) is 37.1 Å². The first-order chi connectivity index (χ1) is 11.9. The number of amides is 3. The normalized spacial score (nSPS) is 33.2. The van der Waals surface area contributed by atoms with E-state index in [1.807, 2.05) is 13.8 Å². The number of halogens is 1. The van der Waals surface area contributed by atoms with Crippen molar-refractivity contribution in [2.75, 3.05) is 11.9 Å². The highest BCUT2D eigenvalue weighted by Crippen LogP contribution is 2.53. The number of imide groups is 1. The quantitative estimate of drug-likeness (QED) is 0.806. The molecule has 3 aliphatic heterocycles. The first-order valence-corrected chi connectivity index (χ1v) is 9.04. The molecule has 1 aromatic rings. The standard InChI is InChI=1S/C18H20ClN3O3/c1-3-4-8-22-15(23)12-9(2)21-18(13(12)16(22)24)10-6-5-7-11(19)14(10)20-17(18)25/h5-7,9,12-13,21H,3-4,8H2,1-2H3,(H,20,25)/t9-,12+,13-,18+/m0/s1. The predicted molar refractivity (Wildman–Crippen MR) is 93.0 cm³/mol. The van der Waals surface area contributed by atoms with Gasteiger partial charge in [0.2, 0.25) is 17.7 Å². The molecule has 1 aromatic carbocycles. The van der Waals surface area contributed by atoms with Gasteiger partial charge in [0.25, 0.3) is 0 Å². The zero-order chi connectivity index (χ0) is 17.9. The Labute approximate surface area is 150 Å². The van der Waals surface area contributed by atoms with Gasteiger partial charge in [-0.3, -0.25) is 24.6 Å². The van der Waals surface area contributed by atoms with Crippen LogP contribution in [0, 0.1) is 11.8 Å². The summed E-state index contributed by atoms with van der Waals surface area (Å²) in [5.74, 6) is -2.01. The van der Waals surface area contributed by atoms with E-state index in [-0.39, 0.29) is 23.8 Å². The van der Waals surface area contributed by atoms with Crippen molar-refractivity contribution >= 4 is 35.0 Å². The number of anilines is 1. The van der Waals surface area contributed by atoms with Crippen LogP contribution in [-0.4, -0.2) is 35.2 Å². The van der Waals surface area contributed by atoms with Crippen molar-refractivity contribution in [1.29, 1.82) is 0 Å². The molecule has 7 heteroatoms. The fourth-order valence-electron chi connectivity index (χ4n) is 4.55. The molecule has 2 N–H and O–H groups in total. The van der Waals surface area contributed by atoms with E-state index in [4.69, 9.17) is 11.6 Å². The van der Waals surface area contributed by atoms with E-state index in [1.54, 1.807) is 18.2 Å². The van der Waals surface area contributed by atoms with Crippen LogP contribution < -0.4 is 10.6 Å². The molecule has 3 amide bonds. The zero-order valence-corrected chi connectivity index (χ0v) is 14.9. The number of carbonyl (C=O) groups is 3. The molecule has 2 saturated heterocycles. The predicted octanol–water partition coefficient (Wildman–Crippen LogP) is 1.88. The van der Waals surface area contributed by atoms with Gasteiger partial charge in [0, 0.05) is 18.2 Å². The molecule has 4 rings (SSSR count). The van der Waals surface area contributed by atoms with Crippen LogP contribution >= 0.6 is 11.6 Å². The summed E-state index contributed by atoms with van der Waals surface area (Å²) in [6, 6.07) is 4.99. The van der Waals surface area contributed by atoms with Gasteiger partial charge in [-0.25, -0.2) is 0 Å². The Hall–Kier alpha value is -1.92. The summed E-state index contributed by atoms with van der Waals surface area (Å²) in [7, 11) is 0. The lowest BCUT2D eigenvalue weighted by Gasteiger charge is -2.29. The highest BCUT2D eigenvalue weighted by Gasteiger charge is 2.69. The van der Waals surface area contributed by atoms with Crippen LogP contribution in [0.2, 0.25) is 5.02 Å². The average molecular weight is 362 g/mol. The van der Waals surface area contributed by atoms with Crippen LogP contribution in [-0.2, 0) is 19.9 Å². The Morgan fingerprint density at radius 1 is 1.24 bits per heavy atom. The third-order valence-corrected chi connectivity index (χ3v) is 5.99. The minimum Gasteiger partial charge on any atom is -0.323 e. The fraction of sp³-hybridized carbons (Fsp3) is 0.500. The Bertz CT molecular complexity index is 796. The van der Waals surface area contributed by atoms with E-state index in [1.165, 1.54) is 4.90 Å². The second-order valence-corrected chi connectivity index (χ2v) is 7.45. The molecule has 3 heterocycles. The van der Waals surface area contributed by atoms with Gasteiger partial charge < -0.3 is 5.32 Å². The number of nitrogens with zero attached hydrogens (tertiary/aromatic N) is 1. The van der Waals surface area contributed by atoms with Gasteiger partial charge in [-0.05, 0) is 19.4 Å². The minimum atomic E-state index is -1.22. The maximum Gasteiger partial charge on any atom is 0.250 e. The lowest BCUT2D eigenvalue weighted by Crippen LogP contribution is -2.52. The second kappa shape index (κ2) is 5.54. The summed E-state index contributed by atoms with van der Waals surface area (Å²) in [4.78, 5) is 40.2. The largest absolute Gasteiger partial charge is 0.323 e. The molecule has 1 spiro atoms. The monoisotopic (exact) mass is 361 g/mol. The molecule has 0 saturated carbocycles. The van der Waals surface area contributed by atoms with Gasteiger partial charge in [0.1, 0.15) is 5.54 Å². The molecule has 3 aliphatic rings. The summed E-state index contributed by atoms with van der Waals surface area (Å²) < 4.78 is 0. The van der Waals surface area contributed by atoms with Gasteiger partial charge >= 0.3 is 0 Å². The number of hydrogen-bond donors (Lipinski definition) is 2. The maximum absolute atomic E-state index is 13.1. The summed E-state index contributed by atoms with van der Waals surface area (Å²) in [5.41, 5.74) is -0.0394. The second-order valence-electron chi connectivity index (χ2n) is 7.04. The van der Waals surface area contributed by atoms with Crippen molar-refractivity contribution in [3.63, 3.8) is 0 Å². The number of hydrogen-bond acceptors (Lipinski definition) is 4. The Morgan fingerprint density at radius 2 is 2.00 bits per heavy atom. The van der Waals surface area contributed by atoms with E-state index < -0.39 is 17.4 Å². The lowest BCUT2D eigenvalue weighted by molar-refractivity contribution is -0.142. The SMILES string of the molecule is CCCCN1C(=O)[C@@H]2[C@H](C)N[C@@]3(C(=O)Nc4c(Cl)cccc43)[C@@H]2C1=O. The third-order valence-electron chi connectivity index (χ3n) is 5.67. The summed E-state index contributed by atoms with van der Waals surface area (Å²) in [5, 5.41) is 6.50. The molecule has 25 heavy (non-hydrogen) atoms. The Morgan fingerprint density at radius 3 is 2.72 bits per heavy atom. The van der Waals surface area contributed by atoms with Gasteiger partial charge in [-0.2, -0.15) is 0 Å². The van der Waals surface area contributed by atoms with E-state index in [0.29, 0.717) is 22.8 Å². The molecular formula is C18H20ClN3O3. The molecule has 132 valence electrons. The molecule has 0 aromatic heterocycles. The summed E-state index contributed by atoms with van der Waals surface area (Å²) >= 11 is 6.23. The van der Waals surface area contributed by atoms with Crippen molar-refractivity contribution in [2.45, 2.75) is 38.3 Å². The highest BCUT2D eigenvalue weighted by atomic mass is 35.5. The van der Waals surface area contributed by atoms with E-state index in [2.05, 4.69) is 10.6 Å². The number of para-hydroxylation sites is 1. The molecule has 0 radical (unpaired) electrons. The van der Waals surface area contributed by atoms with Crippen LogP contribution in [0.4, 0.5) is 5.69 Å². The first kappa shape index (κ1) is 16.5. The van der Waals surface area contributed by atoms with E-state index >= 15 is 0 Å². The number of nitrogens with one attached hydrogen (secondary N) is 2. The fourth-order valence-corrected chi connectivity index (χ4v) is 4.77. The number of carbonyl (C=O) groups excluding carboxylic acids is 3. The van der Waals surface area contributed by atoms with E-state index in [9.17, 15) is 14.4 Å². The smallest absolute Gasteiger partial charge is 0.250 e. The maximum atomic E-state index is 13.1. The molecular weight excluding hydrogens is 342 g/mol. The molecule has 2 fully saturated rings. The van der Waals surface area contributed by atoms with Crippen molar-refractivity contribution in [3.05, 3.63) is 28.8 Å². The summed E-state index contributed by atoms with van der Waals surface area (Å²) in [6.45, 7) is 4.28. The Balaban J connectivity index is 1.84. The topological polar surface area (TPSA) is 78.5 Å². The van der Waals surface area contributed by atoms with Gasteiger partial charge in [0.15, 0.2) is 0 Å². The number of unbranched alkanes of at least 4 members (excludes halogenated alkanes) is 1. The van der Waals surface area contributed by atoms with Crippen molar-refractivity contribution in [1.82, 2.24) is 10.2 Å². The molecule has 6 nitrogen and oxygen atoms in total.